The number of urea groups is 1. The number of carbonyl (C=O) groups is 3. The average Bonchev–Trinajstić information content (AvgIpc) is 3.06. The van der Waals surface area contributed by atoms with Crippen molar-refractivity contribution in [1.29, 1.82) is 0 Å². The van der Waals surface area contributed by atoms with E-state index in [1.54, 1.807) is 24.3 Å². The Morgan fingerprint density at radius 2 is 1.88 bits per heavy atom. The molecule has 1 N–H and O–H groups in total. The fraction of sp³-hybridized carbons (Fsp3) is 0.118. The van der Waals surface area contributed by atoms with Crippen molar-refractivity contribution in [3.05, 3.63) is 63.6 Å². The number of barbiturate groups is 1. The molecule has 1 aliphatic rings. The normalized spacial score (nSPS) is 16.6. The van der Waals surface area contributed by atoms with Crippen LogP contribution in [-0.4, -0.2) is 29.3 Å². The Balaban J connectivity index is 1.77. The summed E-state index contributed by atoms with van der Waals surface area (Å²) in [5, 5.41) is 4.00. The first-order valence-corrected chi connectivity index (χ1v) is 8.09. The van der Waals surface area contributed by atoms with E-state index < -0.39 is 17.8 Å². The number of rotatable bonds is 4. The van der Waals surface area contributed by atoms with Gasteiger partial charge in [-0.2, -0.15) is 0 Å². The molecule has 122 valence electrons. The van der Waals surface area contributed by atoms with Crippen molar-refractivity contribution in [2.24, 2.45) is 0 Å². The van der Waals surface area contributed by atoms with Crippen molar-refractivity contribution in [3.8, 4) is 0 Å². The largest absolute Gasteiger partial charge is 0.331 e. The van der Waals surface area contributed by atoms with Crippen molar-refractivity contribution in [2.45, 2.75) is 6.42 Å². The first-order valence-electron chi connectivity index (χ1n) is 7.21. The van der Waals surface area contributed by atoms with Gasteiger partial charge in [-0.3, -0.25) is 19.8 Å². The van der Waals surface area contributed by atoms with E-state index in [0.717, 1.165) is 15.3 Å². The Morgan fingerprint density at radius 3 is 2.54 bits per heavy atom. The number of hydrogen-bond donors (Lipinski definition) is 1. The van der Waals surface area contributed by atoms with Crippen LogP contribution in [-0.2, 0) is 16.0 Å². The van der Waals surface area contributed by atoms with Gasteiger partial charge in [-0.05, 0) is 41.6 Å². The van der Waals surface area contributed by atoms with Gasteiger partial charge in [0.2, 0.25) is 0 Å². The van der Waals surface area contributed by atoms with Gasteiger partial charge in [0, 0.05) is 11.4 Å². The summed E-state index contributed by atoms with van der Waals surface area (Å²) >= 11 is 1.39. The van der Waals surface area contributed by atoms with Gasteiger partial charge in [0.15, 0.2) is 0 Å². The second kappa shape index (κ2) is 6.76. The molecule has 0 aliphatic carbocycles. The van der Waals surface area contributed by atoms with Crippen molar-refractivity contribution >= 4 is 35.3 Å². The Morgan fingerprint density at radius 1 is 1.12 bits per heavy atom. The van der Waals surface area contributed by atoms with E-state index in [1.165, 1.54) is 29.5 Å². The minimum absolute atomic E-state index is 0.0730. The van der Waals surface area contributed by atoms with E-state index in [2.05, 4.69) is 5.32 Å². The Hall–Kier alpha value is -2.80. The molecule has 1 aliphatic heterocycles. The lowest BCUT2D eigenvalue weighted by Gasteiger charge is -2.26. The quantitative estimate of drug-likeness (QED) is 0.685. The van der Waals surface area contributed by atoms with Gasteiger partial charge in [-0.15, -0.1) is 11.3 Å². The number of amides is 4. The number of thiophene rings is 1. The highest BCUT2D eigenvalue weighted by Crippen LogP contribution is 2.18. The van der Waals surface area contributed by atoms with Crippen LogP contribution in [0.5, 0.6) is 0 Å². The van der Waals surface area contributed by atoms with Crippen LogP contribution in [0.2, 0.25) is 0 Å². The molecule has 1 saturated heterocycles. The standard InChI is InChI=1S/C17H13FN2O3S/c18-12-5-3-11(4-6-12)7-8-20-16(22)14(15(21)19-17(20)23)10-13-2-1-9-24-13/h1-6,9-10H,7-8H2,(H,19,21,23)/b14-10-. The minimum atomic E-state index is -0.740. The maximum absolute atomic E-state index is 12.9. The fourth-order valence-electron chi connectivity index (χ4n) is 2.30. The molecule has 0 bridgehead atoms. The third-order valence-corrected chi connectivity index (χ3v) is 4.37. The van der Waals surface area contributed by atoms with Crippen molar-refractivity contribution < 1.29 is 18.8 Å². The van der Waals surface area contributed by atoms with Crippen molar-refractivity contribution in [3.63, 3.8) is 0 Å². The second-order valence-electron chi connectivity index (χ2n) is 5.17. The summed E-state index contributed by atoms with van der Waals surface area (Å²) in [6.45, 7) is 0.103. The van der Waals surface area contributed by atoms with Gasteiger partial charge in [-0.25, -0.2) is 9.18 Å². The number of hydrogen-bond acceptors (Lipinski definition) is 4. The zero-order valence-electron chi connectivity index (χ0n) is 12.5. The first kappa shape index (κ1) is 16.1. The molecule has 7 heteroatoms. The molecule has 1 fully saturated rings. The second-order valence-corrected chi connectivity index (χ2v) is 6.15. The topological polar surface area (TPSA) is 66.5 Å². The zero-order valence-corrected chi connectivity index (χ0v) is 13.3. The summed E-state index contributed by atoms with van der Waals surface area (Å²) in [7, 11) is 0. The summed E-state index contributed by atoms with van der Waals surface area (Å²) < 4.78 is 12.9. The highest BCUT2D eigenvalue weighted by atomic mass is 32.1. The molecule has 0 radical (unpaired) electrons. The molecular formula is C17H13FN2O3S. The van der Waals surface area contributed by atoms with Crippen molar-refractivity contribution in [1.82, 2.24) is 10.2 Å². The zero-order chi connectivity index (χ0) is 17.1. The molecule has 24 heavy (non-hydrogen) atoms. The first-order chi connectivity index (χ1) is 11.5. The Kier molecular flexibility index (Phi) is 4.52. The van der Waals surface area contributed by atoms with Crippen LogP contribution < -0.4 is 5.32 Å². The number of nitrogens with zero attached hydrogens (tertiary/aromatic N) is 1. The number of halogens is 1. The maximum Gasteiger partial charge on any atom is 0.331 e. The molecule has 5 nitrogen and oxygen atoms in total. The van der Waals surface area contributed by atoms with Gasteiger partial charge in [0.1, 0.15) is 11.4 Å². The number of carbonyl (C=O) groups excluding carboxylic acids is 3. The molecular weight excluding hydrogens is 331 g/mol. The summed E-state index contributed by atoms with van der Waals surface area (Å²) in [4.78, 5) is 38.1. The van der Waals surface area contributed by atoms with Crippen molar-refractivity contribution in [2.75, 3.05) is 6.54 Å². The third-order valence-electron chi connectivity index (χ3n) is 3.55. The van der Waals surface area contributed by atoms with E-state index in [1.807, 2.05) is 5.38 Å². The summed E-state index contributed by atoms with van der Waals surface area (Å²) in [6.07, 6.45) is 1.85. The lowest BCUT2D eigenvalue weighted by molar-refractivity contribution is -0.130. The van der Waals surface area contributed by atoms with Crippen LogP contribution in [0.3, 0.4) is 0 Å². The van der Waals surface area contributed by atoms with E-state index in [-0.39, 0.29) is 17.9 Å². The molecule has 0 saturated carbocycles. The van der Waals surface area contributed by atoms with Crippen LogP contribution in [0, 0.1) is 5.82 Å². The Bertz CT molecular complexity index is 813. The van der Waals surface area contributed by atoms with E-state index in [4.69, 9.17) is 0 Å². The highest BCUT2D eigenvalue weighted by molar-refractivity contribution is 7.10. The molecule has 1 aromatic carbocycles. The van der Waals surface area contributed by atoms with Crippen LogP contribution in [0.1, 0.15) is 10.4 Å². The maximum atomic E-state index is 12.9. The number of benzene rings is 1. The van der Waals surface area contributed by atoms with Gasteiger partial charge in [0.25, 0.3) is 11.8 Å². The van der Waals surface area contributed by atoms with E-state index in [0.29, 0.717) is 6.42 Å². The fourth-order valence-corrected chi connectivity index (χ4v) is 2.96. The number of imide groups is 2. The third kappa shape index (κ3) is 3.41. The molecule has 0 unspecified atom stereocenters. The molecule has 4 amide bonds. The van der Waals surface area contributed by atoms with Crippen LogP contribution >= 0.6 is 11.3 Å². The van der Waals surface area contributed by atoms with Crippen LogP contribution in [0.15, 0.2) is 47.4 Å². The Labute approximate surface area is 141 Å². The molecule has 0 atom stereocenters. The smallest absolute Gasteiger partial charge is 0.273 e. The minimum Gasteiger partial charge on any atom is -0.273 e. The lowest BCUT2D eigenvalue weighted by Crippen LogP contribution is -2.54. The molecule has 0 spiro atoms. The average molecular weight is 344 g/mol. The summed E-state index contributed by atoms with van der Waals surface area (Å²) in [5.41, 5.74) is 0.717. The van der Waals surface area contributed by atoms with Gasteiger partial charge < -0.3 is 0 Å². The van der Waals surface area contributed by atoms with Gasteiger partial charge in [0.05, 0.1) is 0 Å². The van der Waals surface area contributed by atoms with Crippen LogP contribution in [0.25, 0.3) is 6.08 Å². The summed E-state index contributed by atoms with van der Waals surface area (Å²) in [5.74, 6) is -1.67. The van der Waals surface area contributed by atoms with Crippen LogP contribution in [0.4, 0.5) is 9.18 Å². The molecule has 2 heterocycles. The SMILES string of the molecule is O=C1NC(=O)N(CCc2ccc(F)cc2)C(=O)/C1=C\c1cccs1. The molecule has 3 rings (SSSR count). The molecule has 2 aromatic rings. The van der Waals surface area contributed by atoms with E-state index >= 15 is 0 Å². The predicted octanol–water partition coefficient (Wildman–Crippen LogP) is 2.59. The van der Waals surface area contributed by atoms with E-state index in [9.17, 15) is 18.8 Å². The van der Waals surface area contributed by atoms with Gasteiger partial charge >= 0.3 is 6.03 Å². The lowest BCUT2D eigenvalue weighted by atomic mass is 10.1. The predicted molar refractivity (Wildman–Crippen MR) is 87.7 cm³/mol. The molecule has 1 aromatic heterocycles. The summed E-state index contributed by atoms with van der Waals surface area (Å²) in [6, 6.07) is 8.66. The monoisotopic (exact) mass is 344 g/mol. The number of nitrogens with one attached hydrogen (secondary N) is 1. The highest BCUT2D eigenvalue weighted by Gasteiger charge is 2.35. The van der Waals surface area contributed by atoms with Gasteiger partial charge in [-0.1, -0.05) is 18.2 Å².